The summed E-state index contributed by atoms with van der Waals surface area (Å²) in [6, 6.07) is 0. The smallest absolute Gasteiger partial charge is 0.404 e. The van der Waals surface area contributed by atoms with Gasteiger partial charge in [-0.15, -0.1) is 0 Å². The summed E-state index contributed by atoms with van der Waals surface area (Å²) in [4.78, 5) is 10.2. The fraction of sp³-hybridized carbons (Fsp3) is 0.875. The van der Waals surface area contributed by atoms with Crippen LogP contribution in [0.15, 0.2) is 0 Å². The second kappa shape index (κ2) is 4.80. The Kier molecular flexibility index (Phi) is 3.92. The molecule has 0 radical (unpaired) electrons. The lowest BCUT2D eigenvalue weighted by Gasteiger charge is -2.29. The van der Waals surface area contributed by atoms with Crippen LogP contribution in [-0.4, -0.2) is 49.8 Å². The SMILES string of the molecule is CS(=O)(=O)N1CCC(CNC(=O)O)CC1. The molecule has 0 bridgehead atoms. The maximum Gasteiger partial charge on any atom is 0.404 e. The number of sulfonamides is 1. The molecule has 0 aromatic heterocycles. The first-order valence-corrected chi connectivity index (χ1v) is 6.66. The molecule has 0 atom stereocenters. The Morgan fingerprint density at radius 2 is 2.00 bits per heavy atom. The highest BCUT2D eigenvalue weighted by atomic mass is 32.2. The average molecular weight is 236 g/mol. The van der Waals surface area contributed by atoms with Gasteiger partial charge in [0.25, 0.3) is 0 Å². The molecule has 0 unspecified atom stereocenters. The number of nitrogens with one attached hydrogen (secondary N) is 1. The van der Waals surface area contributed by atoms with Gasteiger partial charge in [0, 0.05) is 19.6 Å². The third-order valence-electron chi connectivity index (χ3n) is 2.58. The summed E-state index contributed by atoms with van der Waals surface area (Å²) >= 11 is 0. The van der Waals surface area contributed by atoms with E-state index >= 15 is 0 Å². The van der Waals surface area contributed by atoms with Crippen LogP contribution < -0.4 is 5.32 Å². The summed E-state index contributed by atoms with van der Waals surface area (Å²) in [6.45, 7) is 1.39. The summed E-state index contributed by atoms with van der Waals surface area (Å²) in [6.07, 6.45) is 1.60. The van der Waals surface area contributed by atoms with E-state index in [0.29, 0.717) is 32.5 Å². The molecule has 6 nitrogen and oxygen atoms in total. The van der Waals surface area contributed by atoms with Crippen LogP contribution in [0.25, 0.3) is 0 Å². The van der Waals surface area contributed by atoms with E-state index in [1.165, 1.54) is 10.6 Å². The summed E-state index contributed by atoms with van der Waals surface area (Å²) < 4.78 is 23.8. The van der Waals surface area contributed by atoms with Gasteiger partial charge in [0.1, 0.15) is 0 Å². The molecular weight excluding hydrogens is 220 g/mol. The van der Waals surface area contributed by atoms with E-state index in [-0.39, 0.29) is 5.92 Å². The van der Waals surface area contributed by atoms with Gasteiger partial charge >= 0.3 is 6.09 Å². The van der Waals surface area contributed by atoms with E-state index in [2.05, 4.69) is 5.32 Å². The van der Waals surface area contributed by atoms with Gasteiger partial charge in [-0.1, -0.05) is 0 Å². The molecule has 2 N–H and O–H groups in total. The molecule has 1 heterocycles. The van der Waals surface area contributed by atoms with Crippen molar-refractivity contribution in [2.75, 3.05) is 25.9 Å². The Balaban J connectivity index is 2.33. The van der Waals surface area contributed by atoms with Crippen LogP contribution in [0.2, 0.25) is 0 Å². The number of carboxylic acid groups (broad SMARTS) is 1. The van der Waals surface area contributed by atoms with Crippen molar-refractivity contribution >= 4 is 16.1 Å². The highest BCUT2D eigenvalue weighted by molar-refractivity contribution is 7.88. The molecule has 7 heteroatoms. The number of hydrogen-bond acceptors (Lipinski definition) is 3. The molecule has 0 aliphatic carbocycles. The molecule has 1 aliphatic heterocycles. The molecule has 1 saturated heterocycles. The Morgan fingerprint density at radius 3 is 2.40 bits per heavy atom. The minimum atomic E-state index is -3.08. The predicted octanol–water partition coefficient (Wildman–Crippen LogP) is -0.0744. The maximum absolute atomic E-state index is 11.2. The largest absolute Gasteiger partial charge is 0.465 e. The number of rotatable bonds is 3. The van der Waals surface area contributed by atoms with Gasteiger partial charge in [0.2, 0.25) is 10.0 Å². The van der Waals surface area contributed by atoms with Crippen molar-refractivity contribution in [3.63, 3.8) is 0 Å². The molecule has 0 aromatic carbocycles. The fourth-order valence-corrected chi connectivity index (χ4v) is 2.55. The first-order valence-electron chi connectivity index (χ1n) is 4.81. The number of amides is 1. The summed E-state index contributed by atoms with van der Waals surface area (Å²) in [5.74, 6) is 0.249. The quantitative estimate of drug-likeness (QED) is 0.718. The van der Waals surface area contributed by atoms with Gasteiger partial charge < -0.3 is 10.4 Å². The van der Waals surface area contributed by atoms with Crippen LogP contribution in [0.5, 0.6) is 0 Å². The molecule has 15 heavy (non-hydrogen) atoms. The summed E-state index contributed by atoms with van der Waals surface area (Å²) in [5.41, 5.74) is 0. The Morgan fingerprint density at radius 1 is 1.47 bits per heavy atom. The van der Waals surface area contributed by atoms with Gasteiger partial charge in [0.05, 0.1) is 6.26 Å². The van der Waals surface area contributed by atoms with Crippen LogP contribution >= 0.6 is 0 Å². The van der Waals surface area contributed by atoms with E-state index in [0.717, 1.165) is 0 Å². The minimum absolute atomic E-state index is 0.249. The zero-order valence-electron chi connectivity index (χ0n) is 8.64. The zero-order valence-corrected chi connectivity index (χ0v) is 9.46. The first-order chi connectivity index (χ1) is 6.89. The molecule has 1 rings (SSSR count). The second-order valence-corrected chi connectivity index (χ2v) is 5.77. The minimum Gasteiger partial charge on any atom is -0.465 e. The Hall–Kier alpha value is -0.820. The van der Waals surface area contributed by atoms with Gasteiger partial charge in [0.15, 0.2) is 0 Å². The molecule has 1 fully saturated rings. The van der Waals surface area contributed by atoms with Crippen molar-refractivity contribution in [1.29, 1.82) is 0 Å². The number of carbonyl (C=O) groups is 1. The monoisotopic (exact) mass is 236 g/mol. The van der Waals surface area contributed by atoms with Crippen LogP contribution in [0.3, 0.4) is 0 Å². The number of piperidine rings is 1. The van der Waals surface area contributed by atoms with Gasteiger partial charge in [-0.3, -0.25) is 0 Å². The molecule has 0 saturated carbocycles. The topological polar surface area (TPSA) is 86.7 Å². The first kappa shape index (κ1) is 12.3. The van der Waals surface area contributed by atoms with E-state index < -0.39 is 16.1 Å². The third kappa shape index (κ3) is 4.05. The van der Waals surface area contributed by atoms with Gasteiger partial charge in [-0.05, 0) is 18.8 Å². The van der Waals surface area contributed by atoms with Crippen LogP contribution in [0.4, 0.5) is 4.79 Å². The number of hydrogen-bond donors (Lipinski definition) is 2. The van der Waals surface area contributed by atoms with Crippen molar-refractivity contribution in [2.24, 2.45) is 5.92 Å². The molecule has 1 aliphatic rings. The Bertz CT molecular complexity index is 320. The van der Waals surface area contributed by atoms with Gasteiger partial charge in [-0.25, -0.2) is 17.5 Å². The van der Waals surface area contributed by atoms with E-state index in [1.54, 1.807) is 0 Å². The lowest BCUT2D eigenvalue weighted by atomic mass is 9.98. The second-order valence-electron chi connectivity index (χ2n) is 3.79. The van der Waals surface area contributed by atoms with Crippen molar-refractivity contribution in [3.05, 3.63) is 0 Å². The van der Waals surface area contributed by atoms with Crippen LogP contribution in [-0.2, 0) is 10.0 Å². The van der Waals surface area contributed by atoms with Crippen molar-refractivity contribution in [3.8, 4) is 0 Å². The van der Waals surface area contributed by atoms with Gasteiger partial charge in [-0.2, -0.15) is 0 Å². The standard InChI is InChI=1S/C8H16N2O4S/c1-15(13,14)10-4-2-7(3-5-10)6-9-8(11)12/h7,9H,2-6H2,1H3,(H,11,12). The fourth-order valence-electron chi connectivity index (χ4n) is 1.68. The molecule has 0 aromatic rings. The van der Waals surface area contributed by atoms with E-state index in [4.69, 9.17) is 5.11 Å². The molecular formula is C8H16N2O4S. The van der Waals surface area contributed by atoms with Crippen LogP contribution in [0.1, 0.15) is 12.8 Å². The zero-order chi connectivity index (χ0) is 11.5. The molecule has 1 amide bonds. The third-order valence-corrected chi connectivity index (χ3v) is 3.89. The lowest BCUT2D eigenvalue weighted by Crippen LogP contribution is -2.40. The number of nitrogens with zero attached hydrogens (tertiary/aromatic N) is 1. The van der Waals surface area contributed by atoms with Crippen molar-refractivity contribution < 1.29 is 18.3 Å². The normalized spacial score (nSPS) is 20.1. The maximum atomic E-state index is 11.2. The lowest BCUT2D eigenvalue weighted by molar-refractivity contribution is 0.188. The summed E-state index contributed by atoms with van der Waals surface area (Å²) in [5, 5.41) is 10.7. The highest BCUT2D eigenvalue weighted by Crippen LogP contribution is 2.18. The van der Waals surface area contributed by atoms with Crippen molar-refractivity contribution in [1.82, 2.24) is 9.62 Å². The van der Waals surface area contributed by atoms with Crippen LogP contribution in [0, 0.1) is 5.92 Å². The van der Waals surface area contributed by atoms with E-state index in [9.17, 15) is 13.2 Å². The molecule has 88 valence electrons. The molecule has 0 spiro atoms. The van der Waals surface area contributed by atoms with E-state index in [1.807, 2.05) is 0 Å². The van der Waals surface area contributed by atoms with Crippen molar-refractivity contribution in [2.45, 2.75) is 12.8 Å². The highest BCUT2D eigenvalue weighted by Gasteiger charge is 2.24. The average Bonchev–Trinajstić information content (AvgIpc) is 2.14. The predicted molar refractivity (Wildman–Crippen MR) is 55.2 cm³/mol. The Labute approximate surface area is 89.3 Å². The summed E-state index contributed by atoms with van der Waals surface area (Å²) in [7, 11) is -3.08.